The van der Waals surface area contributed by atoms with Crippen LogP contribution in [0.1, 0.15) is 19.8 Å². The minimum Gasteiger partial charge on any atom is -0.293 e. The van der Waals surface area contributed by atoms with Gasteiger partial charge in [-0.25, -0.2) is 0 Å². The molecular formula is C9H15NO. The third-order valence-electron chi connectivity index (χ3n) is 1.87. The zero-order valence-electron chi connectivity index (χ0n) is 7.05. The van der Waals surface area contributed by atoms with Gasteiger partial charge < -0.3 is 0 Å². The van der Waals surface area contributed by atoms with Crippen molar-refractivity contribution >= 4 is 5.78 Å². The molecule has 0 bridgehead atoms. The van der Waals surface area contributed by atoms with Crippen LogP contribution in [0, 0.1) is 0 Å². The number of carbonyl (C=O) groups excluding carboxylic acids is 1. The van der Waals surface area contributed by atoms with E-state index < -0.39 is 0 Å². The predicted octanol–water partition coefficient (Wildman–Crippen LogP) is 1.23. The molecule has 11 heavy (non-hydrogen) atoms. The van der Waals surface area contributed by atoms with Crippen LogP contribution >= 0.6 is 0 Å². The molecule has 0 aliphatic carbocycles. The molecule has 0 saturated heterocycles. The largest absolute Gasteiger partial charge is 0.293 e. The Kier molecular flexibility index (Phi) is 3.30. The molecule has 0 atom stereocenters. The van der Waals surface area contributed by atoms with Crippen LogP contribution in [0.2, 0.25) is 0 Å². The van der Waals surface area contributed by atoms with Crippen LogP contribution in [-0.2, 0) is 4.79 Å². The molecule has 1 aliphatic rings. The Morgan fingerprint density at radius 2 is 2.45 bits per heavy atom. The lowest BCUT2D eigenvalue weighted by Crippen LogP contribution is -2.33. The maximum Gasteiger partial charge on any atom is 0.169 e. The van der Waals surface area contributed by atoms with Gasteiger partial charge in [-0.05, 0) is 19.0 Å². The molecule has 0 radical (unpaired) electrons. The maximum atomic E-state index is 10.9. The molecule has 2 heteroatoms. The first-order chi connectivity index (χ1) is 5.33. The summed E-state index contributed by atoms with van der Waals surface area (Å²) in [6.45, 7) is 4.80. The zero-order valence-corrected chi connectivity index (χ0v) is 7.05. The summed E-state index contributed by atoms with van der Waals surface area (Å²) in [7, 11) is 0. The van der Waals surface area contributed by atoms with E-state index in [1.165, 1.54) is 12.8 Å². The molecule has 0 saturated carbocycles. The second-order valence-corrected chi connectivity index (χ2v) is 2.96. The van der Waals surface area contributed by atoms with Gasteiger partial charge in [-0.15, -0.1) is 0 Å². The smallest absolute Gasteiger partial charge is 0.169 e. The summed E-state index contributed by atoms with van der Waals surface area (Å²) in [5.41, 5.74) is 0. The Morgan fingerprint density at radius 1 is 1.64 bits per heavy atom. The molecule has 0 aromatic carbocycles. The summed E-state index contributed by atoms with van der Waals surface area (Å²) in [5.74, 6) is 0.243. The van der Waals surface area contributed by atoms with E-state index in [4.69, 9.17) is 0 Å². The van der Waals surface area contributed by atoms with E-state index in [2.05, 4.69) is 11.8 Å². The Labute approximate surface area is 67.9 Å². The van der Waals surface area contributed by atoms with E-state index in [1.807, 2.05) is 6.08 Å². The second-order valence-electron chi connectivity index (χ2n) is 2.96. The SMILES string of the molecule is CCCCN1CC=CC(=O)C1. The lowest BCUT2D eigenvalue weighted by atomic mass is 10.2. The first-order valence-electron chi connectivity index (χ1n) is 4.24. The van der Waals surface area contributed by atoms with E-state index in [9.17, 15) is 4.79 Å². The Morgan fingerprint density at radius 3 is 3.09 bits per heavy atom. The minimum absolute atomic E-state index is 0.243. The number of nitrogens with zero attached hydrogens (tertiary/aromatic N) is 1. The van der Waals surface area contributed by atoms with Crippen LogP contribution in [0.4, 0.5) is 0 Å². The van der Waals surface area contributed by atoms with Crippen LogP contribution in [0.5, 0.6) is 0 Å². The van der Waals surface area contributed by atoms with Gasteiger partial charge in [-0.1, -0.05) is 19.4 Å². The van der Waals surface area contributed by atoms with Gasteiger partial charge in [-0.3, -0.25) is 9.69 Å². The van der Waals surface area contributed by atoms with E-state index in [0.29, 0.717) is 6.54 Å². The fourth-order valence-electron chi connectivity index (χ4n) is 1.22. The van der Waals surface area contributed by atoms with E-state index in [1.54, 1.807) is 6.08 Å². The molecule has 0 unspecified atom stereocenters. The van der Waals surface area contributed by atoms with Gasteiger partial charge in [-0.2, -0.15) is 0 Å². The summed E-state index contributed by atoms with van der Waals surface area (Å²) < 4.78 is 0. The van der Waals surface area contributed by atoms with Crippen molar-refractivity contribution in [2.75, 3.05) is 19.6 Å². The molecule has 1 aliphatic heterocycles. The quantitative estimate of drug-likeness (QED) is 0.607. The van der Waals surface area contributed by atoms with Gasteiger partial charge in [0.15, 0.2) is 5.78 Å². The standard InChI is InChI=1S/C9H15NO/c1-2-3-6-10-7-4-5-9(11)8-10/h4-5H,2-3,6-8H2,1H3. The molecule has 0 aromatic heterocycles. The molecule has 0 fully saturated rings. The summed E-state index contributed by atoms with van der Waals surface area (Å²) in [5, 5.41) is 0. The van der Waals surface area contributed by atoms with Crippen LogP contribution < -0.4 is 0 Å². The Balaban J connectivity index is 2.26. The lowest BCUT2D eigenvalue weighted by Gasteiger charge is -2.21. The van der Waals surface area contributed by atoms with Crippen molar-refractivity contribution in [3.63, 3.8) is 0 Å². The van der Waals surface area contributed by atoms with E-state index >= 15 is 0 Å². The number of unbranched alkanes of at least 4 members (excludes halogenated alkanes) is 1. The van der Waals surface area contributed by atoms with E-state index in [0.717, 1.165) is 13.1 Å². The molecule has 1 rings (SSSR count). The third kappa shape index (κ3) is 2.85. The third-order valence-corrected chi connectivity index (χ3v) is 1.87. The second kappa shape index (κ2) is 4.29. The summed E-state index contributed by atoms with van der Waals surface area (Å²) in [6, 6.07) is 0. The number of hydrogen-bond donors (Lipinski definition) is 0. The molecular weight excluding hydrogens is 138 g/mol. The summed E-state index contributed by atoms with van der Waals surface area (Å²) in [6.07, 6.45) is 6.03. The zero-order chi connectivity index (χ0) is 8.10. The van der Waals surface area contributed by atoms with Crippen LogP contribution in [0.25, 0.3) is 0 Å². The lowest BCUT2D eigenvalue weighted by molar-refractivity contribution is -0.116. The number of hydrogen-bond acceptors (Lipinski definition) is 2. The molecule has 1 heterocycles. The fourth-order valence-corrected chi connectivity index (χ4v) is 1.22. The van der Waals surface area contributed by atoms with Gasteiger partial charge in [0.05, 0.1) is 6.54 Å². The average Bonchev–Trinajstić information content (AvgIpc) is 2.01. The molecule has 0 amide bonds. The highest BCUT2D eigenvalue weighted by Gasteiger charge is 2.10. The first kappa shape index (κ1) is 8.47. The van der Waals surface area contributed by atoms with Crippen molar-refractivity contribution in [2.45, 2.75) is 19.8 Å². The van der Waals surface area contributed by atoms with Crippen molar-refractivity contribution < 1.29 is 4.79 Å². The number of carbonyl (C=O) groups is 1. The number of rotatable bonds is 3. The first-order valence-corrected chi connectivity index (χ1v) is 4.24. The van der Waals surface area contributed by atoms with Gasteiger partial charge in [0.2, 0.25) is 0 Å². The highest BCUT2D eigenvalue weighted by Crippen LogP contribution is 2.00. The minimum atomic E-state index is 0.243. The number of ketones is 1. The molecule has 62 valence electrons. The van der Waals surface area contributed by atoms with Crippen molar-refractivity contribution in [1.29, 1.82) is 0 Å². The van der Waals surface area contributed by atoms with Crippen molar-refractivity contribution in [3.05, 3.63) is 12.2 Å². The maximum absolute atomic E-state index is 10.9. The molecule has 0 spiro atoms. The molecule has 0 aromatic rings. The van der Waals surface area contributed by atoms with E-state index in [-0.39, 0.29) is 5.78 Å². The van der Waals surface area contributed by atoms with Crippen LogP contribution in [-0.4, -0.2) is 30.3 Å². The van der Waals surface area contributed by atoms with Crippen LogP contribution in [0.3, 0.4) is 0 Å². The molecule has 2 nitrogen and oxygen atoms in total. The summed E-state index contributed by atoms with van der Waals surface area (Å²) >= 11 is 0. The van der Waals surface area contributed by atoms with Gasteiger partial charge >= 0.3 is 0 Å². The monoisotopic (exact) mass is 153 g/mol. The van der Waals surface area contributed by atoms with Crippen molar-refractivity contribution in [1.82, 2.24) is 4.90 Å². The molecule has 0 N–H and O–H groups in total. The van der Waals surface area contributed by atoms with Gasteiger partial charge in [0.1, 0.15) is 0 Å². The predicted molar refractivity (Wildman–Crippen MR) is 45.5 cm³/mol. The van der Waals surface area contributed by atoms with Crippen LogP contribution in [0.15, 0.2) is 12.2 Å². The fraction of sp³-hybridized carbons (Fsp3) is 0.667. The highest BCUT2D eigenvalue weighted by atomic mass is 16.1. The summed E-state index contributed by atoms with van der Waals surface area (Å²) in [4.78, 5) is 13.1. The van der Waals surface area contributed by atoms with Gasteiger partial charge in [0.25, 0.3) is 0 Å². The Bertz CT molecular complexity index is 163. The van der Waals surface area contributed by atoms with Gasteiger partial charge in [0, 0.05) is 6.54 Å². The topological polar surface area (TPSA) is 20.3 Å². The Hall–Kier alpha value is -0.630. The van der Waals surface area contributed by atoms with Crippen molar-refractivity contribution in [2.24, 2.45) is 0 Å². The average molecular weight is 153 g/mol. The van der Waals surface area contributed by atoms with Crippen molar-refractivity contribution in [3.8, 4) is 0 Å². The highest BCUT2D eigenvalue weighted by molar-refractivity contribution is 5.92. The normalized spacial score (nSPS) is 19.2.